The van der Waals surface area contributed by atoms with E-state index in [2.05, 4.69) is 13.8 Å². The number of carboxylic acid groups (broad SMARTS) is 1. The van der Waals surface area contributed by atoms with E-state index in [1.54, 1.807) is 0 Å². The molecule has 0 aliphatic heterocycles. The van der Waals surface area contributed by atoms with Crippen molar-refractivity contribution in [1.82, 2.24) is 0 Å². The van der Waals surface area contributed by atoms with Gasteiger partial charge in [-0.3, -0.25) is 4.79 Å². The molecule has 0 heterocycles. The summed E-state index contributed by atoms with van der Waals surface area (Å²) in [5.74, 6) is -0.357. The van der Waals surface area contributed by atoms with Gasteiger partial charge in [0.25, 0.3) is 0 Å². The van der Waals surface area contributed by atoms with Crippen LogP contribution in [0.1, 0.15) is 56.6 Å². The molecule has 0 amide bonds. The molecule has 1 aromatic carbocycles. The lowest BCUT2D eigenvalue weighted by atomic mass is 9.78. The molecule has 0 radical (unpaired) electrons. The van der Waals surface area contributed by atoms with Crippen molar-refractivity contribution in [3.05, 3.63) is 34.3 Å². The van der Waals surface area contributed by atoms with Crippen LogP contribution in [-0.2, 0) is 10.2 Å². The number of carbonyl (C=O) groups is 1. The third-order valence-corrected chi connectivity index (χ3v) is 4.37. The molecule has 1 N–H and O–H groups in total. The summed E-state index contributed by atoms with van der Waals surface area (Å²) < 4.78 is 0. The lowest BCUT2D eigenvalue weighted by molar-refractivity contribution is -0.143. The van der Waals surface area contributed by atoms with E-state index in [0.29, 0.717) is 10.9 Å². The highest BCUT2D eigenvalue weighted by Crippen LogP contribution is 2.42. The molecule has 0 aromatic heterocycles. The zero-order valence-electron chi connectivity index (χ0n) is 10.9. The van der Waals surface area contributed by atoms with E-state index < -0.39 is 11.4 Å². The lowest BCUT2D eigenvalue weighted by Crippen LogP contribution is -2.32. The molecule has 0 bridgehead atoms. The van der Waals surface area contributed by atoms with Gasteiger partial charge in [0, 0.05) is 5.02 Å². The van der Waals surface area contributed by atoms with Crippen molar-refractivity contribution < 1.29 is 9.90 Å². The molecular formula is C15H19ClO2. The molecule has 2 nitrogen and oxygen atoms in total. The van der Waals surface area contributed by atoms with Crippen LogP contribution in [-0.4, -0.2) is 11.1 Å². The monoisotopic (exact) mass is 266 g/mol. The molecule has 2 rings (SSSR count). The Hall–Kier alpha value is -1.02. The first-order valence-corrected chi connectivity index (χ1v) is 6.88. The van der Waals surface area contributed by atoms with E-state index in [1.165, 1.54) is 0 Å². The minimum atomic E-state index is -0.714. The molecule has 1 aromatic rings. The normalized spacial score (nSPS) is 18.2. The molecule has 0 spiro atoms. The number of rotatable bonds is 3. The first-order chi connectivity index (χ1) is 8.47. The van der Waals surface area contributed by atoms with Crippen molar-refractivity contribution in [2.75, 3.05) is 0 Å². The summed E-state index contributed by atoms with van der Waals surface area (Å²) in [6.45, 7) is 4.17. The molecule has 98 valence electrons. The van der Waals surface area contributed by atoms with E-state index >= 15 is 0 Å². The first-order valence-electron chi connectivity index (χ1n) is 6.51. The van der Waals surface area contributed by atoms with Gasteiger partial charge in [-0.05, 0) is 36.0 Å². The van der Waals surface area contributed by atoms with E-state index in [0.717, 1.165) is 36.8 Å². The minimum absolute atomic E-state index is 0.357. The second-order valence-corrected chi connectivity index (χ2v) is 5.89. The predicted molar refractivity (Wildman–Crippen MR) is 73.3 cm³/mol. The van der Waals surface area contributed by atoms with Crippen LogP contribution in [0.4, 0.5) is 0 Å². The van der Waals surface area contributed by atoms with Crippen molar-refractivity contribution in [2.24, 2.45) is 0 Å². The lowest BCUT2D eigenvalue weighted by Gasteiger charge is -2.25. The van der Waals surface area contributed by atoms with Crippen LogP contribution >= 0.6 is 11.6 Å². The Balaban J connectivity index is 2.44. The van der Waals surface area contributed by atoms with Crippen LogP contribution in [0.5, 0.6) is 0 Å². The minimum Gasteiger partial charge on any atom is -0.481 e. The summed E-state index contributed by atoms with van der Waals surface area (Å²) >= 11 is 6.28. The van der Waals surface area contributed by atoms with Gasteiger partial charge >= 0.3 is 5.97 Å². The van der Waals surface area contributed by atoms with Gasteiger partial charge < -0.3 is 5.11 Å². The van der Waals surface area contributed by atoms with Crippen LogP contribution in [0, 0.1) is 0 Å². The van der Waals surface area contributed by atoms with E-state index in [-0.39, 0.29) is 0 Å². The maximum absolute atomic E-state index is 11.6. The maximum atomic E-state index is 11.6. The molecule has 1 aliphatic rings. The van der Waals surface area contributed by atoms with Crippen LogP contribution in [0.3, 0.4) is 0 Å². The van der Waals surface area contributed by atoms with Crippen molar-refractivity contribution >= 4 is 17.6 Å². The first kappa shape index (κ1) is 13.4. The Kier molecular flexibility index (Phi) is 3.67. The smallest absolute Gasteiger partial charge is 0.314 e. The maximum Gasteiger partial charge on any atom is 0.314 e. The highest BCUT2D eigenvalue weighted by molar-refractivity contribution is 6.31. The van der Waals surface area contributed by atoms with Gasteiger partial charge in [0.15, 0.2) is 0 Å². The number of halogens is 1. The molecule has 1 aliphatic carbocycles. The molecule has 0 saturated heterocycles. The fraction of sp³-hybridized carbons (Fsp3) is 0.533. The highest BCUT2D eigenvalue weighted by Gasteiger charge is 2.43. The van der Waals surface area contributed by atoms with Gasteiger partial charge in [-0.2, -0.15) is 0 Å². The zero-order valence-corrected chi connectivity index (χ0v) is 11.6. The topological polar surface area (TPSA) is 37.3 Å². The summed E-state index contributed by atoms with van der Waals surface area (Å²) in [5, 5.41) is 10.2. The number of aliphatic carboxylic acids is 1. The predicted octanol–water partition coefficient (Wildman–Crippen LogP) is 4.36. The molecule has 0 unspecified atom stereocenters. The molecule has 18 heavy (non-hydrogen) atoms. The van der Waals surface area contributed by atoms with E-state index in [4.69, 9.17) is 11.6 Å². The van der Waals surface area contributed by atoms with Crippen molar-refractivity contribution in [3.63, 3.8) is 0 Å². The zero-order chi connectivity index (χ0) is 13.3. The Morgan fingerprint density at radius 2 is 1.94 bits per heavy atom. The Morgan fingerprint density at radius 1 is 1.33 bits per heavy atom. The number of carboxylic acids is 1. The summed E-state index contributed by atoms with van der Waals surface area (Å²) in [4.78, 5) is 11.6. The highest BCUT2D eigenvalue weighted by atomic mass is 35.5. The Bertz CT molecular complexity index is 460. The average Bonchev–Trinajstić information content (AvgIpc) is 2.78. The van der Waals surface area contributed by atoms with Crippen molar-refractivity contribution in [3.8, 4) is 0 Å². The molecule has 1 saturated carbocycles. The molecule has 1 fully saturated rings. The van der Waals surface area contributed by atoms with Crippen molar-refractivity contribution in [2.45, 2.75) is 50.9 Å². The van der Waals surface area contributed by atoms with Crippen LogP contribution < -0.4 is 0 Å². The van der Waals surface area contributed by atoms with Gasteiger partial charge in [-0.25, -0.2) is 0 Å². The average molecular weight is 267 g/mol. The standard InChI is InChI=1S/C15H19ClO2/c1-10(2)12-6-5-11(9-13(12)16)15(14(17)18)7-3-4-8-15/h5-6,9-10H,3-4,7-8H2,1-2H3,(H,17,18). The fourth-order valence-electron chi connectivity index (χ4n) is 2.90. The van der Waals surface area contributed by atoms with Crippen molar-refractivity contribution in [1.29, 1.82) is 0 Å². The largest absolute Gasteiger partial charge is 0.481 e. The second kappa shape index (κ2) is 4.93. The van der Waals surface area contributed by atoms with E-state index in [9.17, 15) is 9.90 Å². The van der Waals surface area contributed by atoms with Crippen LogP contribution in [0.2, 0.25) is 5.02 Å². The summed E-state index contributed by atoms with van der Waals surface area (Å²) in [6.07, 6.45) is 3.41. The second-order valence-electron chi connectivity index (χ2n) is 5.49. The molecular weight excluding hydrogens is 248 g/mol. The molecule has 3 heteroatoms. The van der Waals surface area contributed by atoms with Gasteiger partial charge in [-0.1, -0.05) is 50.4 Å². The third kappa shape index (κ3) is 2.14. The Morgan fingerprint density at radius 3 is 2.39 bits per heavy atom. The third-order valence-electron chi connectivity index (χ3n) is 4.04. The van der Waals surface area contributed by atoms with Gasteiger partial charge in [-0.15, -0.1) is 0 Å². The summed E-state index contributed by atoms with van der Waals surface area (Å²) in [6, 6.07) is 5.78. The number of hydrogen-bond donors (Lipinski definition) is 1. The summed E-state index contributed by atoms with van der Waals surface area (Å²) in [7, 11) is 0. The quantitative estimate of drug-likeness (QED) is 0.883. The number of hydrogen-bond acceptors (Lipinski definition) is 1. The van der Waals surface area contributed by atoms with Gasteiger partial charge in [0.05, 0.1) is 5.41 Å². The number of benzene rings is 1. The summed E-state index contributed by atoms with van der Waals surface area (Å²) in [5.41, 5.74) is 1.24. The molecule has 0 atom stereocenters. The fourth-order valence-corrected chi connectivity index (χ4v) is 3.30. The van der Waals surface area contributed by atoms with Gasteiger partial charge in [0.1, 0.15) is 0 Å². The van der Waals surface area contributed by atoms with Crippen LogP contribution in [0.25, 0.3) is 0 Å². The SMILES string of the molecule is CC(C)c1ccc(C2(C(=O)O)CCCC2)cc1Cl. The van der Waals surface area contributed by atoms with E-state index in [1.807, 2.05) is 18.2 Å². The Labute approximate surface area is 113 Å². The van der Waals surface area contributed by atoms with Crippen LogP contribution in [0.15, 0.2) is 18.2 Å². The van der Waals surface area contributed by atoms with Gasteiger partial charge in [0.2, 0.25) is 0 Å².